The SMILES string of the molecule is Cc1ccc(-c2ccc(/C=N\NC(=O)CNc3ccc(F)cc3)o2)cc1Br. The van der Waals surface area contributed by atoms with E-state index in [4.69, 9.17) is 4.42 Å². The Morgan fingerprint density at radius 1 is 1.19 bits per heavy atom. The number of carbonyl (C=O) groups is 1. The van der Waals surface area contributed by atoms with Crippen molar-refractivity contribution in [2.75, 3.05) is 11.9 Å². The van der Waals surface area contributed by atoms with Gasteiger partial charge in [-0.2, -0.15) is 5.10 Å². The molecule has 0 atom stereocenters. The minimum atomic E-state index is -0.329. The fraction of sp³-hybridized carbons (Fsp3) is 0.100. The van der Waals surface area contributed by atoms with Crippen molar-refractivity contribution in [1.82, 2.24) is 5.43 Å². The van der Waals surface area contributed by atoms with E-state index in [1.807, 2.05) is 31.2 Å². The van der Waals surface area contributed by atoms with Crippen LogP contribution in [0.25, 0.3) is 11.3 Å². The molecule has 1 heterocycles. The summed E-state index contributed by atoms with van der Waals surface area (Å²) < 4.78 is 19.5. The average molecular weight is 430 g/mol. The summed E-state index contributed by atoms with van der Waals surface area (Å²) in [6.45, 7) is 2.03. The van der Waals surface area contributed by atoms with Crippen LogP contribution < -0.4 is 10.7 Å². The van der Waals surface area contributed by atoms with Crippen molar-refractivity contribution in [3.63, 3.8) is 0 Å². The van der Waals surface area contributed by atoms with Gasteiger partial charge in [-0.1, -0.05) is 28.1 Å². The van der Waals surface area contributed by atoms with Crippen LogP contribution >= 0.6 is 15.9 Å². The first-order chi connectivity index (χ1) is 13.0. The highest BCUT2D eigenvalue weighted by atomic mass is 79.9. The van der Waals surface area contributed by atoms with E-state index in [1.54, 1.807) is 18.2 Å². The number of hydrogen-bond donors (Lipinski definition) is 2. The minimum absolute atomic E-state index is 0.0176. The molecular formula is C20H17BrFN3O2. The predicted octanol–water partition coefficient (Wildman–Crippen LogP) is 4.72. The predicted molar refractivity (Wildman–Crippen MR) is 107 cm³/mol. The van der Waals surface area contributed by atoms with Crippen LogP contribution in [0.15, 0.2) is 68.6 Å². The van der Waals surface area contributed by atoms with Gasteiger partial charge >= 0.3 is 0 Å². The molecule has 3 rings (SSSR count). The fourth-order valence-electron chi connectivity index (χ4n) is 2.28. The van der Waals surface area contributed by atoms with Gasteiger partial charge in [0.25, 0.3) is 5.91 Å². The molecule has 27 heavy (non-hydrogen) atoms. The standard InChI is InChI=1S/C20H17BrFN3O2/c1-13-2-3-14(10-18(13)21)19-9-8-17(27-19)11-24-25-20(26)12-23-16-6-4-15(22)5-7-16/h2-11,23H,12H2,1H3,(H,25,26)/b24-11-. The highest BCUT2D eigenvalue weighted by Gasteiger charge is 2.06. The lowest BCUT2D eigenvalue weighted by molar-refractivity contribution is -0.119. The summed E-state index contributed by atoms with van der Waals surface area (Å²) in [5.41, 5.74) is 5.14. The van der Waals surface area contributed by atoms with E-state index >= 15 is 0 Å². The van der Waals surface area contributed by atoms with Gasteiger partial charge in [0.1, 0.15) is 17.3 Å². The number of nitrogens with one attached hydrogen (secondary N) is 2. The monoisotopic (exact) mass is 429 g/mol. The van der Waals surface area contributed by atoms with Crippen molar-refractivity contribution >= 4 is 33.7 Å². The van der Waals surface area contributed by atoms with E-state index in [1.165, 1.54) is 18.3 Å². The van der Waals surface area contributed by atoms with Gasteiger partial charge in [0.2, 0.25) is 0 Å². The smallest absolute Gasteiger partial charge is 0.259 e. The van der Waals surface area contributed by atoms with Crippen LogP contribution in [0, 0.1) is 12.7 Å². The van der Waals surface area contributed by atoms with Gasteiger partial charge in [-0.05, 0) is 55.0 Å². The van der Waals surface area contributed by atoms with Crippen LogP contribution in [-0.4, -0.2) is 18.7 Å². The molecule has 0 aliphatic rings. The van der Waals surface area contributed by atoms with Crippen LogP contribution in [0.2, 0.25) is 0 Å². The molecule has 2 aromatic carbocycles. The van der Waals surface area contributed by atoms with Crippen molar-refractivity contribution < 1.29 is 13.6 Å². The normalized spacial score (nSPS) is 10.9. The molecule has 2 N–H and O–H groups in total. The Morgan fingerprint density at radius 2 is 1.96 bits per heavy atom. The summed E-state index contributed by atoms with van der Waals surface area (Å²) in [5.74, 6) is 0.574. The number of halogens is 2. The van der Waals surface area contributed by atoms with E-state index in [9.17, 15) is 9.18 Å². The van der Waals surface area contributed by atoms with Crippen molar-refractivity contribution in [1.29, 1.82) is 0 Å². The van der Waals surface area contributed by atoms with Crippen LogP contribution in [0.5, 0.6) is 0 Å². The number of nitrogens with zero attached hydrogens (tertiary/aromatic N) is 1. The largest absolute Gasteiger partial charge is 0.455 e. The molecule has 7 heteroatoms. The Morgan fingerprint density at radius 3 is 2.70 bits per heavy atom. The molecule has 0 fully saturated rings. The number of benzene rings is 2. The van der Waals surface area contributed by atoms with Gasteiger partial charge in [-0.15, -0.1) is 0 Å². The lowest BCUT2D eigenvalue weighted by atomic mass is 10.1. The molecule has 0 unspecified atom stereocenters. The second-order valence-electron chi connectivity index (χ2n) is 5.82. The number of furan rings is 1. The molecule has 0 aliphatic carbocycles. The van der Waals surface area contributed by atoms with Crippen molar-refractivity contribution in [2.24, 2.45) is 5.10 Å². The van der Waals surface area contributed by atoms with E-state index in [0.717, 1.165) is 15.6 Å². The molecule has 0 saturated heterocycles. The summed E-state index contributed by atoms with van der Waals surface area (Å²) in [6, 6.07) is 15.3. The third kappa shape index (κ3) is 5.27. The van der Waals surface area contributed by atoms with Crippen molar-refractivity contribution in [3.8, 4) is 11.3 Å². The first-order valence-corrected chi connectivity index (χ1v) is 8.98. The maximum atomic E-state index is 12.8. The number of rotatable bonds is 6. The zero-order valence-corrected chi connectivity index (χ0v) is 16.1. The number of anilines is 1. The number of carbonyl (C=O) groups excluding carboxylic acids is 1. The molecule has 1 amide bonds. The summed E-state index contributed by atoms with van der Waals surface area (Å²) in [4.78, 5) is 11.8. The van der Waals surface area contributed by atoms with E-state index < -0.39 is 0 Å². The highest BCUT2D eigenvalue weighted by molar-refractivity contribution is 9.10. The second-order valence-corrected chi connectivity index (χ2v) is 6.67. The number of hydrogen-bond acceptors (Lipinski definition) is 4. The summed E-state index contributed by atoms with van der Waals surface area (Å²) in [7, 11) is 0. The molecule has 138 valence electrons. The van der Waals surface area contributed by atoms with Gasteiger partial charge in [-0.25, -0.2) is 9.82 Å². The Kier molecular flexibility index (Phi) is 6.03. The van der Waals surface area contributed by atoms with E-state index in [0.29, 0.717) is 17.2 Å². The molecule has 0 radical (unpaired) electrons. The Balaban J connectivity index is 1.52. The van der Waals surface area contributed by atoms with Crippen LogP contribution in [0.1, 0.15) is 11.3 Å². The maximum Gasteiger partial charge on any atom is 0.259 e. The summed E-state index contributed by atoms with van der Waals surface area (Å²) >= 11 is 3.50. The fourth-order valence-corrected chi connectivity index (χ4v) is 2.66. The minimum Gasteiger partial charge on any atom is -0.455 e. The van der Waals surface area contributed by atoms with Gasteiger partial charge in [-0.3, -0.25) is 4.79 Å². The molecule has 3 aromatic rings. The van der Waals surface area contributed by atoms with Gasteiger partial charge < -0.3 is 9.73 Å². The zero-order valence-electron chi connectivity index (χ0n) is 14.5. The molecule has 0 bridgehead atoms. The lowest BCUT2D eigenvalue weighted by Gasteiger charge is -2.04. The molecule has 0 aliphatic heterocycles. The molecule has 1 aromatic heterocycles. The van der Waals surface area contributed by atoms with E-state index in [-0.39, 0.29) is 18.3 Å². The van der Waals surface area contributed by atoms with Gasteiger partial charge in [0.05, 0.1) is 12.8 Å². The van der Waals surface area contributed by atoms with Crippen LogP contribution in [0.4, 0.5) is 10.1 Å². The molecule has 0 saturated carbocycles. The van der Waals surface area contributed by atoms with Crippen LogP contribution in [0.3, 0.4) is 0 Å². The quantitative estimate of drug-likeness (QED) is 0.440. The Labute approximate surface area is 164 Å². The van der Waals surface area contributed by atoms with Crippen molar-refractivity contribution in [2.45, 2.75) is 6.92 Å². The average Bonchev–Trinajstić information content (AvgIpc) is 3.12. The van der Waals surface area contributed by atoms with Gasteiger partial charge in [0.15, 0.2) is 0 Å². The summed E-state index contributed by atoms with van der Waals surface area (Å²) in [5, 5.41) is 6.75. The van der Waals surface area contributed by atoms with Crippen LogP contribution in [-0.2, 0) is 4.79 Å². The first-order valence-electron chi connectivity index (χ1n) is 8.19. The topological polar surface area (TPSA) is 66.6 Å². The van der Waals surface area contributed by atoms with Gasteiger partial charge in [0, 0.05) is 15.7 Å². The molecular weight excluding hydrogens is 413 g/mol. The summed E-state index contributed by atoms with van der Waals surface area (Å²) in [6.07, 6.45) is 1.43. The highest BCUT2D eigenvalue weighted by Crippen LogP contribution is 2.26. The molecule has 5 nitrogen and oxygen atoms in total. The zero-order chi connectivity index (χ0) is 19.2. The maximum absolute atomic E-state index is 12.8. The third-order valence-electron chi connectivity index (χ3n) is 3.76. The number of aryl methyl sites for hydroxylation is 1. The Hall–Kier alpha value is -2.93. The van der Waals surface area contributed by atoms with E-state index in [2.05, 4.69) is 31.8 Å². The second kappa shape index (κ2) is 8.64. The van der Waals surface area contributed by atoms with Crippen molar-refractivity contribution in [3.05, 3.63) is 76.2 Å². The third-order valence-corrected chi connectivity index (χ3v) is 4.62. The lowest BCUT2D eigenvalue weighted by Crippen LogP contribution is -2.25. The first kappa shape index (κ1) is 18.8. The number of amides is 1. The number of hydrazone groups is 1. The Bertz CT molecular complexity index is 968. The molecule has 0 spiro atoms.